The fourth-order valence-electron chi connectivity index (χ4n) is 24.2. The minimum atomic E-state index is -0.0409. The third-order valence-electron chi connectivity index (χ3n) is 31.7. The van der Waals surface area contributed by atoms with Crippen LogP contribution in [0.2, 0.25) is 0 Å². The van der Waals surface area contributed by atoms with Crippen LogP contribution in [0.1, 0.15) is 105 Å². The highest BCUT2D eigenvalue weighted by Crippen LogP contribution is 2.50. The monoisotopic (exact) mass is 1890 g/mol. The summed E-state index contributed by atoms with van der Waals surface area (Å²) in [5, 5.41) is 7.59. The SMILES string of the molecule is CC(C)(C)c1ccc2c(c1)B1c3c(cc(-c4ccccc4)cc3-n3c4ccc(-c5ccccc5)cc4c4cc(-c5ccccc5)cc1c43)O2.CC(C)(C)c1ccc2c(c1)B1c3c(cc(C(C)(C)C)cc3-n3c4ccc(-c5ccccc5)cc4c4cc(-c5ccccc5)cc1c43)O2.[C-]#[N+]c1ccc(-c2cc3c4c(c2)-n2c5ccc(-c6ccccc6)cc5c5cc(-c6ccccc6)cc(c52)B4c2cc(C(C)(C)C)ccc2O3)cc1. The number of fused-ring (bicyclic) bond motifs is 21. The summed E-state index contributed by atoms with van der Waals surface area (Å²) in [6, 6.07) is 153. The molecule has 23 aromatic rings. The van der Waals surface area contributed by atoms with Gasteiger partial charge < -0.3 is 27.9 Å². The van der Waals surface area contributed by atoms with Crippen LogP contribution in [0.15, 0.2) is 419 Å². The lowest BCUT2D eigenvalue weighted by molar-refractivity contribution is 0.482. The summed E-state index contributed by atoms with van der Waals surface area (Å²) in [7, 11) is 0. The van der Waals surface area contributed by atoms with E-state index in [1.165, 1.54) is 221 Å². The van der Waals surface area contributed by atoms with Gasteiger partial charge in [0.15, 0.2) is 5.69 Å². The number of benzene rings is 20. The molecule has 0 radical (unpaired) electrons. The first-order valence-corrected chi connectivity index (χ1v) is 51.6. The molecule has 700 valence electrons. The second-order valence-corrected chi connectivity index (χ2v) is 44.9. The Hall–Kier alpha value is -17.1. The molecule has 10 heteroatoms. The Morgan fingerprint density at radius 1 is 0.197 bits per heavy atom. The maximum Gasteiger partial charge on any atom is 0.256 e. The number of aromatic nitrogens is 3. The Morgan fingerprint density at radius 3 is 0.721 bits per heavy atom. The van der Waals surface area contributed by atoms with Gasteiger partial charge in [-0.1, -0.05) is 392 Å². The molecule has 29 rings (SSSR count). The van der Waals surface area contributed by atoms with Gasteiger partial charge in [0.05, 0.1) is 23.1 Å². The molecular formula is C137H105B3N4O3. The van der Waals surface area contributed by atoms with E-state index in [0.29, 0.717) is 5.69 Å². The largest absolute Gasteiger partial charge is 0.458 e. The first-order valence-electron chi connectivity index (χ1n) is 51.6. The van der Waals surface area contributed by atoms with Gasteiger partial charge in [-0.2, -0.15) is 0 Å². The Morgan fingerprint density at radius 2 is 0.442 bits per heavy atom. The molecule has 7 nitrogen and oxygen atoms in total. The maximum absolute atomic E-state index is 7.49. The third-order valence-corrected chi connectivity index (χ3v) is 31.7. The van der Waals surface area contributed by atoms with Gasteiger partial charge in [-0.05, 0) is 291 Å². The number of ether oxygens (including phenoxy) is 3. The normalized spacial score (nSPS) is 13.0. The molecule has 20 aromatic carbocycles. The first kappa shape index (κ1) is 88.8. The van der Waals surface area contributed by atoms with Crippen molar-refractivity contribution in [3.63, 3.8) is 0 Å². The predicted octanol–water partition coefficient (Wildman–Crippen LogP) is 30.2. The topological polar surface area (TPSA) is 46.8 Å². The Kier molecular flexibility index (Phi) is 20.2. The quantitative estimate of drug-likeness (QED) is 0.113. The van der Waals surface area contributed by atoms with E-state index in [1.807, 2.05) is 24.3 Å². The van der Waals surface area contributed by atoms with E-state index in [-0.39, 0.29) is 41.8 Å². The van der Waals surface area contributed by atoms with Crippen LogP contribution in [-0.4, -0.2) is 33.8 Å². The fourth-order valence-corrected chi connectivity index (χ4v) is 24.2. The zero-order valence-electron chi connectivity index (χ0n) is 84.6. The maximum atomic E-state index is 7.49. The number of nitrogens with zero attached hydrogens (tertiary/aromatic N) is 4. The Labute approximate surface area is 859 Å². The number of hydrogen-bond donors (Lipinski definition) is 0. The van der Waals surface area contributed by atoms with Crippen molar-refractivity contribution in [1.82, 2.24) is 13.7 Å². The molecule has 0 saturated carbocycles. The molecule has 0 bridgehead atoms. The Bertz CT molecular complexity index is 9460. The summed E-state index contributed by atoms with van der Waals surface area (Å²) in [6.45, 7) is 35.0. The molecule has 0 amide bonds. The number of hydrogen-bond acceptors (Lipinski definition) is 3. The zero-order chi connectivity index (χ0) is 99.5. The minimum Gasteiger partial charge on any atom is -0.458 e. The molecule has 0 spiro atoms. The fraction of sp³-hybridized carbons (Fsp3) is 0.117. The molecular weight excluding hydrogens is 1780 g/mol. The van der Waals surface area contributed by atoms with E-state index < -0.39 is 0 Å². The van der Waals surface area contributed by atoms with E-state index in [9.17, 15) is 0 Å². The average Bonchev–Trinajstić information content (AvgIpc) is 1.56. The van der Waals surface area contributed by atoms with Crippen LogP contribution in [0.5, 0.6) is 34.5 Å². The van der Waals surface area contributed by atoms with Crippen molar-refractivity contribution in [2.45, 2.75) is 105 Å². The van der Waals surface area contributed by atoms with Gasteiger partial charge in [-0.25, -0.2) is 4.85 Å². The Balaban J connectivity index is 0.000000109. The van der Waals surface area contributed by atoms with E-state index in [4.69, 9.17) is 20.8 Å². The van der Waals surface area contributed by atoms with Crippen LogP contribution in [0.4, 0.5) is 5.69 Å². The molecule has 6 aliphatic heterocycles. The van der Waals surface area contributed by atoms with Gasteiger partial charge in [-0.3, -0.25) is 0 Å². The van der Waals surface area contributed by atoms with Crippen LogP contribution in [0, 0.1) is 6.57 Å². The molecule has 6 aliphatic rings. The van der Waals surface area contributed by atoms with Gasteiger partial charge in [0, 0.05) is 65.9 Å². The van der Waals surface area contributed by atoms with E-state index in [1.54, 1.807) is 0 Å². The van der Waals surface area contributed by atoms with Crippen molar-refractivity contribution < 1.29 is 14.2 Å². The molecule has 9 heterocycles. The van der Waals surface area contributed by atoms with Crippen molar-refractivity contribution in [3.05, 3.63) is 452 Å². The summed E-state index contributed by atoms with van der Waals surface area (Å²) in [6.07, 6.45) is 0. The highest BCUT2D eigenvalue weighted by Gasteiger charge is 2.47. The van der Waals surface area contributed by atoms with E-state index in [0.717, 1.165) is 56.9 Å². The van der Waals surface area contributed by atoms with Gasteiger partial charge in [0.2, 0.25) is 0 Å². The third kappa shape index (κ3) is 14.6. The van der Waals surface area contributed by atoms with Crippen LogP contribution in [0.25, 0.3) is 176 Å². The smallest absolute Gasteiger partial charge is 0.256 e. The molecule has 0 N–H and O–H groups in total. The van der Waals surface area contributed by atoms with Gasteiger partial charge in [-0.15, -0.1) is 0 Å². The molecule has 0 fully saturated rings. The minimum absolute atomic E-state index is 0.00785. The van der Waals surface area contributed by atoms with E-state index in [2.05, 4.69) is 496 Å². The highest BCUT2D eigenvalue weighted by atomic mass is 16.5. The van der Waals surface area contributed by atoms with Crippen molar-refractivity contribution in [2.24, 2.45) is 0 Å². The van der Waals surface area contributed by atoms with Crippen molar-refractivity contribution in [3.8, 4) is 141 Å². The van der Waals surface area contributed by atoms with Gasteiger partial charge in [0.1, 0.15) is 34.5 Å². The molecule has 3 aromatic heterocycles. The molecule has 0 unspecified atom stereocenters. The first-order chi connectivity index (χ1) is 71.3. The molecule has 0 saturated heterocycles. The van der Waals surface area contributed by atoms with Crippen molar-refractivity contribution in [1.29, 1.82) is 0 Å². The summed E-state index contributed by atoms with van der Waals surface area (Å²) >= 11 is 0. The van der Waals surface area contributed by atoms with Gasteiger partial charge >= 0.3 is 0 Å². The zero-order valence-corrected chi connectivity index (χ0v) is 84.6. The van der Waals surface area contributed by atoms with Crippen molar-refractivity contribution in [2.75, 3.05) is 0 Å². The standard InChI is InChI=1S/C47H33BN2O.C46H34BNO.C44H38BNO/c1-47(2,3)35-18-22-43-39(28-35)48-40-25-33(30-13-9-6-10-14-30)24-38-37-23-32(29-11-7-5-8-12-29)17-21-41(37)50(46(38)40)42-26-34(27-44(51-43)45(42)48)31-15-19-36(49-4)20-16-31;1-46(2,3)35-20-22-42-38(28-35)47-39-25-33(30-15-9-5-10-16-30)24-37-36-23-32(29-13-7-4-8-14-29)19-21-40(36)48(45(37)39)41-26-34(27-43(49-42)44(41)47)31-17-11-6-12-18-31;1-43(2,3)31-18-20-39-35(24-31)45-36-23-30(28-15-11-8-12-16-28)22-34-33-21-29(27-13-9-7-10-14-27)17-19-37(33)46(42(34)36)38-25-32(44(4,5)6)26-40(47-39)41(38)45/h5-28H,1-3H3;4-28H,1-3H3;7-26H,1-6H3. The van der Waals surface area contributed by atoms with Crippen LogP contribution < -0.4 is 63.4 Å². The summed E-state index contributed by atoms with van der Waals surface area (Å²) < 4.78 is 28.3. The van der Waals surface area contributed by atoms with Crippen LogP contribution in [0.3, 0.4) is 0 Å². The number of rotatable bonds is 8. The van der Waals surface area contributed by atoms with Crippen molar-refractivity contribution >= 4 is 140 Å². The molecule has 147 heavy (non-hydrogen) atoms. The highest BCUT2D eigenvalue weighted by molar-refractivity contribution is 7.01. The van der Waals surface area contributed by atoms with Crippen LogP contribution in [-0.2, 0) is 21.7 Å². The lowest BCUT2D eigenvalue weighted by Gasteiger charge is -2.36. The van der Waals surface area contributed by atoms with Crippen LogP contribution >= 0.6 is 0 Å². The van der Waals surface area contributed by atoms with E-state index >= 15 is 0 Å². The predicted molar refractivity (Wildman–Crippen MR) is 620 cm³/mol. The lowest BCUT2D eigenvalue weighted by atomic mass is 9.34. The second kappa shape index (κ2) is 33.5. The lowest BCUT2D eigenvalue weighted by Crippen LogP contribution is -2.58. The summed E-state index contributed by atoms with van der Waals surface area (Å²) in [4.78, 5) is 3.63. The van der Waals surface area contributed by atoms with Gasteiger partial charge in [0.25, 0.3) is 20.1 Å². The second-order valence-electron chi connectivity index (χ2n) is 44.9. The summed E-state index contributed by atoms with van der Waals surface area (Å²) in [5.74, 6) is 5.59. The molecule has 0 aliphatic carbocycles. The average molecular weight is 1890 g/mol. The molecule has 0 atom stereocenters. The summed E-state index contributed by atoms with van der Waals surface area (Å²) in [5.41, 5.74) is 47.3.